The minimum Gasteiger partial charge on any atom is -0.480 e. The molecule has 12 heteroatoms. The first kappa shape index (κ1) is 25.3. The number of carboxylic acid groups (broad SMARTS) is 1. The highest BCUT2D eigenvalue weighted by Crippen LogP contribution is 2.20. The fraction of sp³-hybridized carbons (Fsp3) is 0.650. The number of aliphatic hydroxyl groups is 1. The Balaban J connectivity index is 2.24. The Morgan fingerprint density at radius 2 is 2.03 bits per heavy atom. The number of aromatic nitrogens is 2. The van der Waals surface area contributed by atoms with Crippen molar-refractivity contribution in [3.05, 3.63) is 18.2 Å². The van der Waals surface area contributed by atoms with Gasteiger partial charge in [0, 0.05) is 24.9 Å². The second-order valence-electron chi connectivity index (χ2n) is 8.03. The van der Waals surface area contributed by atoms with E-state index in [1.807, 2.05) is 6.92 Å². The van der Waals surface area contributed by atoms with Gasteiger partial charge in [0.15, 0.2) is 0 Å². The minimum absolute atomic E-state index is 0.0741. The predicted octanol–water partition coefficient (Wildman–Crippen LogP) is -1.64. The summed E-state index contributed by atoms with van der Waals surface area (Å²) >= 11 is 0. The van der Waals surface area contributed by atoms with E-state index < -0.39 is 54.5 Å². The summed E-state index contributed by atoms with van der Waals surface area (Å²) in [7, 11) is 0. The zero-order valence-electron chi connectivity index (χ0n) is 18.3. The van der Waals surface area contributed by atoms with Gasteiger partial charge in [-0.1, -0.05) is 20.3 Å². The largest absolute Gasteiger partial charge is 0.480 e. The van der Waals surface area contributed by atoms with E-state index in [2.05, 4.69) is 20.6 Å². The molecule has 178 valence electrons. The standard InChI is InChI=1S/C20H32N6O6/c1-3-11(2)16(25-17(28)13(21)9-27)18(29)24-14(7-12-8-22-10-23-12)19(30)26-6-4-5-15(26)20(31)32/h8,10-11,13-16,27H,3-7,9,21H2,1-2H3,(H,22,23)(H,24,29)(H,25,28)(H,31,32). The van der Waals surface area contributed by atoms with Crippen molar-refractivity contribution < 1.29 is 29.4 Å². The van der Waals surface area contributed by atoms with Crippen molar-refractivity contribution >= 4 is 23.7 Å². The number of rotatable bonds is 11. The van der Waals surface area contributed by atoms with Crippen LogP contribution in [-0.4, -0.2) is 86.1 Å². The van der Waals surface area contributed by atoms with Gasteiger partial charge in [0.1, 0.15) is 24.2 Å². The summed E-state index contributed by atoms with van der Waals surface area (Å²) in [5.74, 6) is -3.17. The van der Waals surface area contributed by atoms with Crippen LogP contribution in [0.1, 0.15) is 38.8 Å². The van der Waals surface area contributed by atoms with Gasteiger partial charge in [0.25, 0.3) is 0 Å². The number of amides is 3. The number of imidazole rings is 1. The van der Waals surface area contributed by atoms with Gasteiger partial charge < -0.3 is 36.5 Å². The Morgan fingerprint density at radius 1 is 1.31 bits per heavy atom. The monoisotopic (exact) mass is 452 g/mol. The van der Waals surface area contributed by atoms with Crippen molar-refractivity contribution in [2.75, 3.05) is 13.2 Å². The number of aliphatic hydroxyl groups excluding tert-OH is 1. The minimum atomic E-state index is -1.18. The highest BCUT2D eigenvalue weighted by Gasteiger charge is 2.39. The Bertz CT molecular complexity index is 801. The average molecular weight is 453 g/mol. The molecule has 32 heavy (non-hydrogen) atoms. The summed E-state index contributed by atoms with van der Waals surface area (Å²) in [6.45, 7) is 3.31. The Labute approximate surface area is 185 Å². The maximum Gasteiger partial charge on any atom is 0.326 e. The van der Waals surface area contributed by atoms with Crippen LogP contribution in [0.4, 0.5) is 0 Å². The zero-order chi connectivity index (χ0) is 23.8. The van der Waals surface area contributed by atoms with E-state index in [4.69, 9.17) is 10.8 Å². The number of carbonyl (C=O) groups is 4. The van der Waals surface area contributed by atoms with Gasteiger partial charge in [-0.25, -0.2) is 9.78 Å². The summed E-state index contributed by atoms with van der Waals surface area (Å²) in [5, 5.41) is 23.8. The molecule has 12 nitrogen and oxygen atoms in total. The van der Waals surface area contributed by atoms with Crippen molar-refractivity contribution in [2.24, 2.45) is 11.7 Å². The van der Waals surface area contributed by atoms with E-state index in [-0.39, 0.29) is 18.9 Å². The molecule has 0 aromatic carbocycles. The average Bonchev–Trinajstić information content (AvgIpc) is 3.47. The van der Waals surface area contributed by atoms with Crippen LogP contribution in [0, 0.1) is 5.92 Å². The number of aromatic amines is 1. The van der Waals surface area contributed by atoms with Crippen LogP contribution >= 0.6 is 0 Å². The number of carbonyl (C=O) groups excluding carboxylic acids is 3. The SMILES string of the molecule is CCC(C)C(NC(=O)C(N)CO)C(=O)NC(Cc1cnc[nH]1)C(=O)N1CCCC1C(=O)O. The maximum absolute atomic E-state index is 13.2. The lowest BCUT2D eigenvalue weighted by atomic mass is 9.97. The van der Waals surface area contributed by atoms with Crippen LogP contribution in [0.25, 0.3) is 0 Å². The number of carboxylic acids is 1. The molecule has 1 aliphatic heterocycles. The molecule has 0 radical (unpaired) electrons. The van der Waals surface area contributed by atoms with E-state index in [1.54, 1.807) is 6.92 Å². The van der Waals surface area contributed by atoms with Crippen LogP contribution in [0.3, 0.4) is 0 Å². The maximum atomic E-state index is 13.2. The molecule has 1 saturated heterocycles. The van der Waals surface area contributed by atoms with Crippen molar-refractivity contribution in [1.29, 1.82) is 0 Å². The molecular formula is C20H32N6O6. The van der Waals surface area contributed by atoms with E-state index >= 15 is 0 Å². The smallest absolute Gasteiger partial charge is 0.326 e. The molecule has 1 aliphatic rings. The summed E-state index contributed by atoms with van der Waals surface area (Å²) in [6.07, 6.45) is 4.48. The van der Waals surface area contributed by atoms with Crippen LogP contribution in [0.2, 0.25) is 0 Å². The Kier molecular flexibility index (Phi) is 9.14. The summed E-state index contributed by atoms with van der Waals surface area (Å²) in [4.78, 5) is 58.1. The fourth-order valence-electron chi connectivity index (χ4n) is 3.61. The number of likely N-dealkylation sites (tertiary alicyclic amines) is 1. The van der Waals surface area contributed by atoms with Crippen molar-refractivity contribution in [3.63, 3.8) is 0 Å². The van der Waals surface area contributed by atoms with Gasteiger partial charge in [-0.3, -0.25) is 14.4 Å². The Hall–Kier alpha value is -2.99. The first-order valence-electron chi connectivity index (χ1n) is 10.7. The van der Waals surface area contributed by atoms with Gasteiger partial charge in [-0.15, -0.1) is 0 Å². The van der Waals surface area contributed by atoms with Crippen LogP contribution in [-0.2, 0) is 25.6 Å². The molecule has 3 amide bonds. The van der Waals surface area contributed by atoms with E-state index in [1.165, 1.54) is 17.4 Å². The van der Waals surface area contributed by atoms with Gasteiger partial charge >= 0.3 is 5.97 Å². The third kappa shape index (κ3) is 6.26. The van der Waals surface area contributed by atoms with Crippen molar-refractivity contribution in [1.82, 2.24) is 25.5 Å². The topological polar surface area (TPSA) is 191 Å². The number of H-pyrrole nitrogens is 1. The van der Waals surface area contributed by atoms with Gasteiger partial charge in [0.2, 0.25) is 17.7 Å². The summed E-state index contributed by atoms with van der Waals surface area (Å²) in [6, 6.07) is -4.18. The fourth-order valence-corrected chi connectivity index (χ4v) is 3.61. The molecule has 0 spiro atoms. The second-order valence-corrected chi connectivity index (χ2v) is 8.03. The second kappa shape index (κ2) is 11.6. The van der Waals surface area contributed by atoms with Crippen LogP contribution in [0.15, 0.2) is 12.5 Å². The number of hydrogen-bond donors (Lipinski definition) is 6. The first-order chi connectivity index (χ1) is 15.2. The lowest BCUT2D eigenvalue weighted by molar-refractivity contribution is -0.149. The molecule has 2 heterocycles. The number of nitrogens with two attached hydrogens (primary N) is 1. The van der Waals surface area contributed by atoms with E-state index in [9.17, 15) is 24.3 Å². The van der Waals surface area contributed by atoms with Crippen molar-refractivity contribution in [2.45, 2.75) is 63.7 Å². The highest BCUT2D eigenvalue weighted by molar-refractivity contribution is 5.94. The number of nitrogens with zero attached hydrogens (tertiary/aromatic N) is 2. The Morgan fingerprint density at radius 3 is 2.59 bits per heavy atom. The van der Waals surface area contributed by atoms with Gasteiger partial charge in [-0.05, 0) is 18.8 Å². The molecule has 0 saturated carbocycles. The molecule has 1 fully saturated rings. The third-order valence-electron chi connectivity index (χ3n) is 5.74. The summed E-state index contributed by atoms with van der Waals surface area (Å²) in [5.41, 5.74) is 6.14. The molecule has 5 atom stereocenters. The summed E-state index contributed by atoms with van der Waals surface area (Å²) < 4.78 is 0. The van der Waals surface area contributed by atoms with Gasteiger partial charge in [0.05, 0.1) is 12.9 Å². The number of nitrogens with one attached hydrogen (secondary N) is 3. The lowest BCUT2D eigenvalue weighted by Gasteiger charge is -2.30. The predicted molar refractivity (Wildman–Crippen MR) is 113 cm³/mol. The molecule has 7 N–H and O–H groups in total. The molecule has 2 rings (SSSR count). The van der Waals surface area contributed by atoms with Crippen molar-refractivity contribution in [3.8, 4) is 0 Å². The number of hydrogen-bond acceptors (Lipinski definition) is 7. The molecule has 1 aromatic heterocycles. The van der Waals surface area contributed by atoms with E-state index in [0.717, 1.165) is 0 Å². The molecular weight excluding hydrogens is 420 g/mol. The zero-order valence-corrected chi connectivity index (χ0v) is 18.3. The third-order valence-corrected chi connectivity index (χ3v) is 5.74. The lowest BCUT2D eigenvalue weighted by Crippen LogP contribution is -2.59. The first-order valence-corrected chi connectivity index (χ1v) is 10.7. The molecule has 0 aliphatic carbocycles. The van der Waals surface area contributed by atoms with E-state index in [0.29, 0.717) is 25.0 Å². The molecule has 5 unspecified atom stereocenters. The van der Waals surface area contributed by atoms with Crippen LogP contribution in [0.5, 0.6) is 0 Å². The molecule has 1 aromatic rings. The normalized spacial score (nSPS) is 19.6. The number of aliphatic carboxylic acids is 1. The quantitative estimate of drug-likeness (QED) is 0.230. The molecule has 0 bridgehead atoms. The van der Waals surface area contributed by atoms with Crippen LogP contribution < -0.4 is 16.4 Å². The highest BCUT2D eigenvalue weighted by atomic mass is 16.4. The van der Waals surface area contributed by atoms with Gasteiger partial charge in [-0.2, -0.15) is 0 Å².